The van der Waals surface area contributed by atoms with Crippen molar-refractivity contribution in [2.45, 2.75) is 46.5 Å². The van der Waals surface area contributed by atoms with Crippen molar-refractivity contribution in [3.8, 4) is 0 Å². The molecule has 6 heteroatoms. The Hall–Kier alpha value is -1.79. The highest BCUT2D eigenvalue weighted by atomic mass is 79.9. The lowest BCUT2D eigenvalue weighted by Gasteiger charge is -2.36. The predicted octanol–water partition coefficient (Wildman–Crippen LogP) is 6.44. The maximum Gasteiger partial charge on any atom is 0.158 e. The molecule has 0 spiro atoms. The molecule has 3 aromatic rings. The Morgan fingerprint density at radius 3 is 3.00 bits per heavy atom. The van der Waals surface area contributed by atoms with Crippen molar-refractivity contribution in [3.05, 3.63) is 51.1 Å². The topological polar surface area (TPSA) is 50.2 Å². The Labute approximate surface area is 178 Å². The van der Waals surface area contributed by atoms with E-state index < -0.39 is 0 Å². The van der Waals surface area contributed by atoms with Gasteiger partial charge in [0.25, 0.3) is 0 Å². The maximum atomic E-state index is 4.54. The first kappa shape index (κ1) is 19.5. The van der Waals surface area contributed by atoms with Crippen molar-refractivity contribution in [1.29, 1.82) is 0 Å². The smallest absolute Gasteiger partial charge is 0.158 e. The van der Waals surface area contributed by atoms with E-state index in [9.17, 15) is 0 Å². The molecular formula is C22H25BrN4S. The quantitative estimate of drug-likeness (QED) is 0.354. The fourth-order valence-electron chi connectivity index (χ4n) is 3.90. The minimum atomic E-state index is 0.355. The Morgan fingerprint density at radius 1 is 1.36 bits per heavy atom. The van der Waals surface area contributed by atoms with E-state index in [4.69, 9.17) is 0 Å². The minimum Gasteiger partial charge on any atom is -0.261 e. The van der Waals surface area contributed by atoms with Crippen LogP contribution >= 0.6 is 27.3 Å². The Kier molecular flexibility index (Phi) is 5.52. The zero-order chi connectivity index (χ0) is 19.7. The third-order valence-corrected chi connectivity index (χ3v) is 7.78. The number of nitrogens with one attached hydrogen (secondary N) is 1. The van der Waals surface area contributed by atoms with Crippen molar-refractivity contribution < 1.29 is 0 Å². The summed E-state index contributed by atoms with van der Waals surface area (Å²) in [4.78, 5) is 11.6. The van der Waals surface area contributed by atoms with Crippen LogP contribution in [0.2, 0.25) is 0 Å². The highest BCUT2D eigenvalue weighted by molar-refractivity contribution is 9.10. The second kappa shape index (κ2) is 7.91. The van der Waals surface area contributed by atoms with Crippen LogP contribution in [0.15, 0.2) is 40.2 Å². The number of fused-ring (bicyclic) bond motifs is 3. The second-order valence-corrected chi connectivity index (χ2v) is 10.1. The summed E-state index contributed by atoms with van der Waals surface area (Å²) >= 11 is 5.31. The zero-order valence-electron chi connectivity index (χ0n) is 16.5. The maximum absolute atomic E-state index is 4.54. The van der Waals surface area contributed by atoms with Crippen molar-refractivity contribution in [1.82, 2.24) is 9.97 Å². The number of anilines is 1. The molecule has 0 radical (unpaired) electrons. The molecular weight excluding hydrogens is 432 g/mol. The summed E-state index contributed by atoms with van der Waals surface area (Å²) < 4.78 is 1.04. The molecule has 2 aromatic heterocycles. The van der Waals surface area contributed by atoms with Crippen LogP contribution in [0.25, 0.3) is 10.2 Å². The molecule has 0 aliphatic heterocycles. The summed E-state index contributed by atoms with van der Waals surface area (Å²) in [5.74, 6) is 1.50. The van der Waals surface area contributed by atoms with E-state index in [1.54, 1.807) is 6.33 Å². The molecule has 4 rings (SSSR count). The summed E-state index contributed by atoms with van der Waals surface area (Å²) in [6.45, 7) is 7.10. The van der Waals surface area contributed by atoms with Crippen molar-refractivity contribution in [3.63, 3.8) is 0 Å². The van der Waals surface area contributed by atoms with Gasteiger partial charge in [-0.3, -0.25) is 5.43 Å². The molecule has 28 heavy (non-hydrogen) atoms. The molecule has 0 bridgehead atoms. The summed E-state index contributed by atoms with van der Waals surface area (Å²) in [7, 11) is 0. The third kappa shape index (κ3) is 3.85. The number of aromatic nitrogens is 2. The van der Waals surface area contributed by atoms with Gasteiger partial charge in [0.05, 0.1) is 11.6 Å². The molecule has 2 heterocycles. The van der Waals surface area contributed by atoms with Gasteiger partial charge in [-0.2, -0.15) is 5.10 Å². The highest BCUT2D eigenvalue weighted by Gasteiger charge is 2.33. The SMILES string of the molecule is CCC(C)(C)[C@H]1CCc2sc3ncnc(N/N=C\c4cccc(Br)c4)c3c2C1. The van der Waals surface area contributed by atoms with Crippen molar-refractivity contribution in [2.75, 3.05) is 5.43 Å². The third-order valence-electron chi connectivity index (χ3n) is 6.09. The minimum absolute atomic E-state index is 0.355. The normalized spacial score (nSPS) is 17.2. The van der Waals surface area contributed by atoms with Crippen LogP contribution in [0.1, 0.15) is 49.6 Å². The van der Waals surface area contributed by atoms with Gasteiger partial charge in [-0.25, -0.2) is 9.97 Å². The average Bonchev–Trinajstić information content (AvgIpc) is 3.06. The van der Waals surface area contributed by atoms with E-state index in [0.717, 1.165) is 38.9 Å². The molecule has 1 atom stereocenters. The lowest BCUT2D eigenvalue weighted by atomic mass is 9.69. The molecule has 0 amide bonds. The molecule has 1 aromatic carbocycles. The number of rotatable bonds is 5. The van der Waals surface area contributed by atoms with Gasteiger partial charge in [0, 0.05) is 9.35 Å². The number of hydrogen-bond acceptors (Lipinski definition) is 5. The van der Waals surface area contributed by atoms with Gasteiger partial charge in [0.1, 0.15) is 11.2 Å². The van der Waals surface area contributed by atoms with Crippen molar-refractivity contribution >= 4 is 49.5 Å². The van der Waals surface area contributed by atoms with E-state index in [2.05, 4.69) is 57.2 Å². The number of aryl methyl sites for hydroxylation is 1. The molecule has 0 saturated carbocycles. The van der Waals surface area contributed by atoms with Crippen LogP contribution in [-0.4, -0.2) is 16.2 Å². The first-order chi connectivity index (χ1) is 13.5. The first-order valence-corrected chi connectivity index (χ1v) is 11.4. The van der Waals surface area contributed by atoms with E-state index >= 15 is 0 Å². The van der Waals surface area contributed by atoms with Crippen LogP contribution in [0.4, 0.5) is 5.82 Å². The molecule has 1 aliphatic rings. The van der Waals surface area contributed by atoms with E-state index in [1.807, 2.05) is 41.8 Å². The van der Waals surface area contributed by atoms with E-state index in [0.29, 0.717) is 11.3 Å². The fraction of sp³-hybridized carbons (Fsp3) is 0.409. The fourth-order valence-corrected chi connectivity index (χ4v) is 5.50. The predicted molar refractivity (Wildman–Crippen MR) is 122 cm³/mol. The highest BCUT2D eigenvalue weighted by Crippen LogP contribution is 2.45. The Morgan fingerprint density at radius 2 is 2.21 bits per heavy atom. The summed E-state index contributed by atoms with van der Waals surface area (Å²) in [6, 6.07) is 8.06. The van der Waals surface area contributed by atoms with Crippen LogP contribution in [0.3, 0.4) is 0 Å². The van der Waals surface area contributed by atoms with Gasteiger partial charge < -0.3 is 0 Å². The largest absolute Gasteiger partial charge is 0.261 e. The van der Waals surface area contributed by atoms with Gasteiger partial charge in [0.2, 0.25) is 0 Å². The summed E-state index contributed by atoms with van der Waals surface area (Å²) in [6.07, 6.45) is 8.17. The Bertz CT molecular complexity index is 1020. The average molecular weight is 457 g/mol. The first-order valence-electron chi connectivity index (χ1n) is 9.78. The number of halogens is 1. The number of benzene rings is 1. The standard InChI is InChI=1S/C22H25BrN4S/c1-4-22(2,3)15-8-9-18-17(11-15)19-20(24-13-25-21(19)28-18)27-26-12-14-6-5-7-16(23)10-14/h5-7,10,12-13,15H,4,8-9,11H2,1-3H3,(H,24,25,27)/b26-12-/t15-/m0/s1. The van der Waals surface area contributed by atoms with Crippen molar-refractivity contribution in [2.24, 2.45) is 16.4 Å². The monoisotopic (exact) mass is 456 g/mol. The molecule has 0 unspecified atom stereocenters. The molecule has 0 fully saturated rings. The lowest BCUT2D eigenvalue weighted by molar-refractivity contribution is 0.184. The molecule has 146 valence electrons. The Balaban J connectivity index is 1.64. The number of hydrazone groups is 1. The number of nitrogens with zero attached hydrogens (tertiary/aromatic N) is 3. The summed E-state index contributed by atoms with van der Waals surface area (Å²) in [5.41, 5.74) is 5.99. The lowest BCUT2D eigenvalue weighted by Crippen LogP contribution is -2.28. The van der Waals surface area contributed by atoms with Gasteiger partial charge in [-0.1, -0.05) is 55.3 Å². The second-order valence-electron chi connectivity index (χ2n) is 8.11. The van der Waals surface area contributed by atoms with Crippen LogP contribution in [0.5, 0.6) is 0 Å². The van der Waals surface area contributed by atoms with Gasteiger partial charge in [-0.15, -0.1) is 11.3 Å². The zero-order valence-corrected chi connectivity index (χ0v) is 18.9. The molecule has 1 aliphatic carbocycles. The number of thiophene rings is 1. The molecule has 1 N–H and O–H groups in total. The number of hydrogen-bond donors (Lipinski definition) is 1. The van der Waals surface area contributed by atoms with Gasteiger partial charge in [0.15, 0.2) is 5.82 Å². The molecule has 0 saturated heterocycles. The molecule has 4 nitrogen and oxygen atoms in total. The van der Waals surface area contributed by atoms with Crippen LogP contribution < -0.4 is 5.43 Å². The van der Waals surface area contributed by atoms with Gasteiger partial charge >= 0.3 is 0 Å². The van der Waals surface area contributed by atoms with E-state index in [1.165, 1.54) is 23.3 Å². The summed E-state index contributed by atoms with van der Waals surface area (Å²) in [5, 5.41) is 5.59. The van der Waals surface area contributed by atoms with Crippen LogP contribution in [0, 0.1) is 11.3 Å². The van der Waals surface area contributed by atoms with Gasteiger partial charge in [-0.05, 0) is 53.9 Å². The van der Waals surface area contributed by atoms with Crippen LogP contribution in [-0.2, 0) is 12.8 Å². The van der Waals surface area contributed by atoms with E-state index in [-0.39, 0.29) is 0 Å².